The highest BCUT2D eigenvalue weighted by Crippen LogP contribution is 2.13. The molecule has 2 aromatic rings. The molecular formula is C21H27FN4O2. The number of amides is 1. The number of ether oxygens (including phenoxy) is 1. The van der Waals surface area contributed by atoms with Gasteiger partial charge in [0.1, 0.15) is 17.7 Å². The van der Waals surface area contributed by atoms with Crippen LogP contribution >= 0.6 is 0 Å². The lowest BCUT2D eigenvalue weighted by atomic mass is 10.2. The van der Waals surface area contributed by atoms with Gasteiger partial charge in [0.05, 0.1) is 6.54 Å². The molecule has 0 fully saturated rings. The van der Waals surface area contributed by atoms with Gasteiger partial charge in [-0.2, -0.15) is 0 Å². The summed E-state index contributed by atoms with van der Waals surface area (Å²) in [5.41, 5.74) is 0.653. The number of rotatable bonds is 9. The number of carbonyl (C=O) groups is 1. The van der Waals surface area contributed by atoms with Crippen LogP contribution < -0.4 is 20.7 Å². The molecule has 2 aromatic carbocycles. The maximum atomic E-state index is 13.2. The Balaban J connectivity index is 1.61. The van der Waals surface area contributed by atoms with Gasteiger partial charge in [-0.05, 0) is 37.6 Å². The minimum Gasteiger partial charge on any atom is -0.489 e. The Kier molecular flexibility index (Phi) is 8.78. The average molecular weight is 386 g/mol. The van der Waals surface area contributed by atoms with Gasteiger partial charge in [0.25, 0.3) is 5.91 Å². The molecule has 0 heterocycles. The van der Waals surface area contributed by atoms with Crippen molar-refractivity contribution in [3.63, 3.8) is 0 Å². The number of guanidine groups is 1. The Morgan fingerprint density at radius 1 is 1.07 bits per heavy atom. The first-order valence-corrected chi connectivity index (χ1v) is 9.28. The predicted octanol–water partition coefficient (Wildman–Crippen LogP) is 2.58. The molecule has 28 heavy (non-hydrogen) atoms. The number of nitrogens with zero attached hydrogens (tertiary/aromatic N) is 1. The molecule has 3 N–H and O–H groups in total. The lowest BCUT2D eigenvalue weighted by molar-refractivity contribution is 0.0953. The van der Waals surface area contributed by atoms with Crippen molar-refractivity contribution in [3.8, 4) is 5.75 Å². The number of nitrogens with one attached hydrogen (secondary N) is 3. The zero-order valence-electron chi connectivity index (χ0n) is 16.2. The summed E-state index contributed by atoms with van der Waals surface area (Å²) in [7, 11) is 1.69. The highest BCUT2D eigenvalue weighted by atomic mass is 19.1. The molecule has 1 amide bonds. The molecule has 0 aliphatic rings. The number of hydrogen-bond acceptors (Lipinski definition) is 3. The van der Waals surface area contributed by atoms with E-state index in [9.17, 15) is 9.18 Å². The SMILES string of the molecule is CN=C(NCCCNC(=O)c1ccccc1)NCC(C)Oc1cccc(F)c1. The van der Waals surface area contributed by atoms with Crippen LogP contribution in [-0.4, -0.2) is 44.7 Å². The molecule has 0 saturated carbocycles. The number of aliphatic imine (C=N–C) groups is 1. The van der Waals surface area contributed by atoms with E-state index in [4.69, 9.17) is 4.74 Å². The van der Waals surface area contributed by atoms with Crippen LogP contribution in [0.15, 0.2) is 59.6 Å². The van der Waals surface area contributed by atoms with Gasteiger partial charge >= 0.3 is 0 Å². The van der Waals surface area contributed by atoms with Crippen molar-refractivity contribution in [2.24, 2.45) is 4.99 Å². The van der Waals surface area contributed by atoms with E-state index < -0.39 is 0 Å². The van der Waals surface area contributed by atoms with Gasteiger partial charge in [0, 0.05) is 31.8 Å². The summed E-state index contributed by atoms with van der Waals surface area (Å²) in [6.07, 6.45) is 0.597. The van der Waals surface area contributed by atoms with Crippen LogP contribution in [0.4, 0.5) is 4.39 Å². The van der Waals surface area contributed by atoms with Gasteiger partial charge in [0.15, 0.2) is 5.96 Å². The monoisotopic (exact) mass is 386 g/mol. The maximum Gasteiger partial charge on any atom is 0.251 e. The minimum atomic E-state index is -0.325. The summed E-state index contributed by atoms with van der Waals surface area (Å²) in [5, 5.41) is 9.23. The quantitative estimate of drug-likeness (QED) is 0.352. The fourth-order valence-corrected chi connectivity index (χ4v) is 2.46. The van der Waals surface area contributed by atoms with E-state index in [1.54, 1.807) is 31.3 Å². The zero-order valence-corrected chi connectivity index (χ0v) is 16.2. The van der Waals surface area contributed by atoms with E-state index in [0.717, 1.165) is 6.42 Å². The molecule has 0 radical (unpaired) electrons. The smallest absolute Gasteiger partial charge is 0.251 e. The van der Waals surface area contributed by atoms with Crippen molar-refractivity contribution in [1.29, 1.82) is 0 Å². The average Bonchev–Trinajstić information content (AvgIpc) is 2.70. The number of carbonyl (C=O) groups excluding carboxylic acids is 1. The van der Waals surface area contributed by atoms with Crippen LogP contribution in [0, 0.1) is 5.82 Å². The van der Waals surface area contributed by atoms with Crippen LogP contribution in [0.2, 0.25) is 0 Å². The lowest BCUT2D eigenvalue weighted by Crippen LogP contribution is -2.42. The number of halogens is 1. The van der Waals surface area contributed by atoms with E-state index in [-0.39, 0.29) is 17.8 Å². The minimum absolute atomic E-state index is 0.0774. The molecule has 0 spiro atoms. The Morgan fingerprint density at radius 3 is 2.54 bits per heavy atom. The fraction of sp³-hybridized carbons (Fsp3) is 0.333. The molecule has 2 rings (SSSR count). The van der Waals surface area contributed by atoms with Crippen LogP contribution in [0.1, 0.15) is 23.7 Å². The maximum absolute atomic E-state index is 13.2. The van der Waals surface area contributed by atoms with Gasteiger partial charge in [-0.1, -0.05) is 24.3 Å². The standard InChI is InChI=1S/C21H27FN4O2/c1-16(28-19-11-6-10-18(22)14-19)15-26-21(23-2)25-13-7-12-24-20(27)17-8-4-3-5-9-17/h3-6,8-11,14,16H,7,12-13,15H2,1-2H3,(H,24,27)(H2,23,25,26). The first kappa shape index (κ1) is 21.2. The van der Waals surface area contributed by atoms with Crippen molar-refractivity contribution in [2.45, 2.75) is 19.4 Å². The molecule has 6 nitrogen and oxygen atoms in total. The zero-order chi connectivity index (χ0) is 20.2. The lowest BCUT2D eigenvalue weighted by Gasteiger charge is -2.18. The molecule has 0 saturated heterocycles. The third kappa shape index (κ3) is 7.65. The van der Waals surface area contributed by atoms with Crippen molar-refractivity contribution in [3.05, 3.63) is 66.0 Å². The molecule has 0 aliphatic carbocycles. The largest absolute Gasteiger partial charge is 0.489 e. The van der Waals surface area contributed by atoms with Gasteiger partial charge in [-0.25, -0.2) is 4.39 Å². The molecule has 0 bridgehead atoms. The third-order valence-electron chi connectivity index (χ3n) is 3.88. The Bertz CT molecular complexity index is 768. The van der Waals surface area contributed by atoms with Crippen molar-refractivity contribution in [2.75, 3.05) is 26.7 Å². The summed E-state index contributed by atoms with van der Waals surface area (Å²) in [5.74, 6) is 0.733. The van der Waals surface area contributed by atoms with Crippen LogP contribution in [-0.2, 0) is 0 Å². The van der Waals surface area contributed by atoms with Crippen molar-refractivity contribution in [1.82, 2.24) is 16.0 Å². The number of benzene rings is 2. The highest BCUT2D eigenvalue weighted by molar-refractivity contribution is 5.94. The van der Waals surface area contributed by atoms with Gasteiger partial charge in [0.2, 0.25) is 0 Å². The summed E-state index contributed by atoms with van der Waals surface area (Å²) in [6.45, 7) is 3.63. The van der Waals surface area contributed by atoms with Crippen LogP contribution in [0.5, 0.6) is 5.75 Å². The van der Waals surface area contributed by atoms with Gasteiger partial charge in [-0.3, -0.25) is 9.79 Å². The predicted molar refractivity (Wildman–Crippen MR) is 109 cm³/mol. The van der Waals surface area contributed by atoms with E-state index >= 15 is 0 Å². The van der Waals surface area contributed by atoms with Crippen molar-refractivity contribution < 1.29 is 13.9 Å². The molecule has 150 valence electrons. The summed E-state index contributed by atoms with van der Waals surface area (Å²) in [4.78, 5) is 16.1. The normalized spacial score (nSPS) is 12.2. The topological polar surface area (TPSA) is 74.8 Å². The molecule has 7 heteroatoms. The Hall–Kier alpha value is -3.09. The van der Waals surface area contributed by atoms with Gasteiger partial charge < -0.3 is 20.7 Å². The summed E-state index contributed by atoms with van der Waals surface area (Å²) in [6, 6.07) is 15.2. The van der Waals surface area contributed by atoms with Gasteiger partial charge in [-0.15, -0.1) is 0 Å². The van der Waals surface area contributed by atoms with Crippen LogP contribution in [0.3, 0.4) is 0 Å². The highest BCUT2D eigenvalue weighted by Gasteiger charge is 2.07. The van der Waals surface area contributed by atoms with Crippen LogP contribution in [0.25, 0.3) is 0 Å². The summed E-state index contributed by atoms with van der Waals surface area (Å²) < 4.78 is 18.9. The Labute approximate surface area is 165 Å². The Morgan fingerprint density at radius 2 is 1.82 bits per heavy atom. The third-order valence-corrected chi connectivity index (χ3v) is 3.88. The van der Waals surface area contributed by atoms with E-state index in [1.807, 2.05) is 25.1 Å². The van der Waals surface area contributed by atoms with E-state index in [1.165, 1.54) is 12.1 Å². The first-order chi connectivity index (χ1) is 13.6. The fourth-order valence-electron chi connectivity index (χ4n) is 2.46. The second kappa shape index (κ2) is 11.6. The summed E-state index contributed by atoms with van der Waals surface area (Å²) >= 11 is 0. The molecular weight excluding hydrogens is 359 g/mol. The molecule has 0 aliphatic heterocycles. The van der Waals surface area contributed by atoms with Crippen molar-refractivity contribution >= 4 is 11.9 Å². The first-order valence-electron chi connectivity index (χ1n) is 9.28. The second-order valence-corrected chi connectivity index (χ2v) is 6.24. The van der Waals surface area contributed by atoms with E-state index in [0.29, 0.717) is 36.9 Å². The molecule has 1 unspecified atom stereocenters. The molecule has 0 aromatic heterocycles. The number of hydrogen-bond donors (Lipinski definition) is 3. The second-order valence-electron chi connectivity index (χ2n) is 6.24. The molecule has 1 atom stereocenters. The van der Waals surface area contributed by atoms with E-state index in [2.05, 4.69) is 20.9 Å².